The molecule has 1 saturated heterocycles. The fourth-order valence-corrected chi connectivity index (χ4v) is 5.17. The van der Waals surface area contributed by atoms with Crippen LogP contribution in [0, 0.1) is 17.8 Å². The van der Waals surface area contributed by atoms with E-state index in [1.165, 1.54) is 0 Å². The van der Waals surface area contributed by atoms with Gasteiger partial charge in [-0.2, -0.15) is 0 Å². The molecule has 3 aliphatic rings. The number of fused-ring (bicyclic) bond motifs is 2. The van der Waals surface area contributed by atoms with Crippen LogP contribution >= 0.6 is 0 Å². The van der Waals surface area contributed by atoms with E-state index >= 15 is 0 Å². The fraction of sp³-hybridized carbons (Fsp3) is 0.538. The Morgan fingerprint density at radius 3 is 2.30 bits per heavy atom. The largest absolute Gasteiger partial charge is 0.451 e. The Morgan fingerprint density at radius 1 is 1.03 bits per heavy atom. The molecule has 1 aromatic carbocycles. The number of esters is 1. The molecule has 0 N–H and O–H groups in total. The van der Waals surface area contributed by atoms with E-state index in [1.54, 1.807) is 11.8 Å². The number of carbonyl (C=O) groups is 4. The molecule has 7 heteroatoms. The number of nitrogens with zero attached hydrogens (tertiary/aromatic N) is 2. The predicted molar refractivity (Wildman–Crippen MR) is 123 cm³/mol. The molecule has 0 spiro atoms. The molecule has 176 valence electrons. The van der Waals surface area contributed by atoms with Crippen molar-refractivity contribution >= 4 is 29.4 Å². The first-order chi connectivity index (χ1) is 15.8. The van der Waals surface area contributed by atoms with Gasteiger partial charge in [0, 0.05) is 12.2 Å². The van der Waals surface area contributed by atoms with Gasteiger partial charge >= 0.3 is 5.97 Å². The molecule has 2 aliphatic heterocycles. The summed E-state index contributed by atoms with van der Waals surface area (Å²) >= 11 is 0. The summed E-state index contributed by atoms with van der Waals surface area (Å²) in [5, 5.41) is 0. The zero-order valence-corrected chi connectivity index (χ0v) is 19.5. The number of imide groups is 1. The first-order valence-electron chi connectivity index (χ1n) is 11.9. The van der Waals surface area contributed by atoms with Crippen molar-refractivity contribution in [2.75, 3.05) is 11.4 Å². The standard InChI is InChI=1S/C26H32N2O5/c1-16(2)15-22(28-24(30)19-11-5-6-12-20(19)25(28)31)26(32)33-17(3)23(29)27-14-8-10-18-9-4-7-13-21(18)27/h4-7,9,13,16-17,19-20,22H,8,10-12,14-15H2,1-3H3/t17-,19+,20+,22-/m1/s1. The lowest BCUT2D eigenvalue weighted by molar-refractivity contribution is -0.165. The minimum atomic E-state index is -1.02. The Morgan fingerprint density at radius 2 is 1.67 bits per heavy atom. The van der Waals surface area contributed by atoms with Crippen molar-refractivity contribution < 1.29 is 23.9 Å². The van der Waals surface area contributed by atoms with Crippen LogP contribution < -0.4 is 4.90 Å². The molecular formula is C26H32N2O5. The summed E-state index contributed by atoms with van der Waals surface area (Å²) in [5.41, 5.74) is 1.94. The Balaban J connectivity index is 1.50. The van der Waals surface area contributed by atoms with E-state index in [0.717, 1.165) is 29.0 Å². The molecule has 3 amide bonds. The lowest BCUT2D eigenvalue weighted by atomic mass is 9.85. The number of anilines is 1. The average Bonchev–Trinajstić information content (AvgIpc) is 3.06. The van der Waals surface area contributed by atoms with Crippen molar-refractivity contribution in [3.63, 3.8) is 0 Å². The van der Waals surface area contributed by atoms with Gasteiger partial charge in [0.15, 0.2) is 6.10 Å². The van der Waals surface area contributed by atoms with E-state index in [9.17, 15) is 19.2 Å². The van der Waals surface area contributed by atoms with Gasteiger partial charge in [-0.3, -0.25) is 19.3 Å². The number of ether oxygens (including phenoxy) is 1. The van der Waals surface area contributed by atoms with Crippen LogP contribution in [0.5, 0.6) is 0 Å². The monoisotopic (exact) mass is 452 g/mol. The highest BCUT2D eigenvalue weighted by Gasteiger charge is 2.51. The van der Waals surface area contributed by atoms with Gasteiger partial charge in [-0.25, -0.2) is 4.79 Å². The van der Waals surface area contributed by atoms with Crippen molar-refractivity contribution in [1.82, 2.24) is 4.90 Å². The SMILES string of the molecule is CC(C)C[C@H](C(=O)O[C@H](C)C(=O)N1CCCc2ccccc21)N1C(=O)[C@H]2CC=CC[C@@H]2C1=O. The van der Waals surface area contributed by atoms with Crippen molar-refractivity contribution in [2.45, 2.75) is 65.0 Å². The normalized spacial score (nSPS) is 23.9. The third-order valence-electron chi connectivity index (χ3n) is 6.84. The minimum absolute atomic E-state index is 0.0592. The Kier molecular flexibility index (Phi) is 6.68. The number of likely N-dealkylation sites (tertiary alicyclic amines) is 1. The zero-order chi connectivity index (χ0) is 23.7. The molecule has 1 aliphatic carbocycles. The number of benzene rings is 1. The first kappa shape index (κ1) is 23.2. The molecule has 0 bridgehead atoms. The molecule has 2 heterocycles. The number of allylic oxidation sites excluding steroid dienone is 2. The summed E-state index contributed by atoms with van der Waals surface area (Å²) in [6, 6.07) is 6.73. The lowest BCUT2D eigenvalue weighted by Crippen LogP contribution is -2.49. The van der Waals surface area contributed by atoms with Crippen LogP contribution in [0.4, 0.5) is 5.69 Å². The molecule has 1 aromatic rings. The van der Waals surface area contributed by atoms with Crippen LogP contribution in [0.25, 0.3) is 0 Å². The first-order valence-corrected chi connectivity index (χ1v) is 11.9. The third kappa shape index (κ3) is 4.45. The van der Waals surface area contributed by atoms with Gasteiger partial charge in [0.1, 0.15) is 6.04 Å². The van der Waals surface area contributed by atoms with Crippen LogP contribution in [0.15, 0.2) is 36.4 Å². The molecule has 0 radical (unpaired) electrons. The Hall–Kier alpha value is -2.96. The maximum atomic E-state index is 13.3. The summed E-state index contributed by atoms with van der Waals surface area (Å²) in [7, 11) is 0. The maximum absolute atomic E-state index is 13.3. The molecule has 1 fully saturated rings. The highest BCUT2D eigenvalue weighted by atomic mass is 16.5. The van der Waals surface area contributed by atoms with Gasteiger partial charge in [0.2, 0.25) is 11.8 Å². The second-order valence-electron chi connectivity index (χ2n) is 9.65. The summed E-state index contributed by atoms with van der Waals surface area (Å²) < 4.78 is 5.61. The van der Waals surface area contributed by atoms with E-state index in [-0.39, 0.29) is 23.6 Å². The van der Waals surface area contributed by atoms with Gasteiger partial charge in [-0.1, -0.05) is 44.2 Å². The van der Waals surface area contributed by atoms with Crippen LogP contribution in [0.3, 0.4) is 0 Å². The number of hydrogen-bond acceptors (Lipinski definition) is 5. The van der Waals surface area contributed by atoms with Crippen molar-refractivity contribution in [3.8, 4) is 0 Å². The van der Waals surface area contributed by atoms with Gasteiger partial charge in [-0.15, -0.1) is 0 Å². The Bertz CT molecular complexity index is 959. The molecule has 4 atom stereocenters. The molecule has 0 aromatic heterocycles. The third-order valence-corrected chi connectivity index (χ3v) is 6.84. The molecule has 4 rings (SSSR count). The average molecular weight is 453 g/mol. The quantitative estimate of drug-likeness (QED) is 0.376. The van der Waals surface area contributed by atoms with Gasteiger partial charge in [0.25, 0.3) is 5.91 Å². The zero-order valence-electron chi connectivity index (χ0n) is 19.5. The fourth-order valence-electron chi connectivity index (χ4n) is 5.17. The van der Waals surface area contributed by atoms with E-state index in [4.69, 9.17) is 4.74 Å². The van der Waals surface area contributed by atoms with Crippen molar-refractivity contribution in [3.05, 3.63) is 42.0 Å². The number of aryl methyl sites for hydroxylation is 1. The maximum Gasteiger partial charge on any atom is 0.330 e. The van der Waals surface area contributed by atoms with E-state index in [2.05, 4.69) is 0 Å². The smallest absolute Gasteiger partial charge is 0.330 e. The summed E-state index contributed by atoms with van der Waals surface area (Å²) in [6.07, 6.45) is 5.89. The van der Waals surface area contributed by atoms with Crippen LogP contribution in [0.2, 0.25) is 0 Å². The Labute approximate surface area is 194 Å². The molecule has 0 unspecified atom stereocenters. The molecular weight excluding hydrogens is 420 g/mol. The summed E-state index contributed by atoms with van der Waals surface area (Å²) in [5.74, 6) is -2.35. The second kappa shape index (κ2) is 9.49. The van der Waals surface area contributed by atoms with Crippen LogP contribution in [-0.4, -0.2) is 47.3 Å². The number of hydrogen-bond donors (Lipinski definition) is 0. The van der Waals surface area contributed by atoms with Crippen molar-refractivity contribution in [1.29, 1.82) is 0 Å². The second-order valence-corrected chi connectivity index (χ2v) is 9.65. The van der Waals surface area contributed by atoms with Crippen LogP contribution in [-0.2, 0) is 30.3 Å². The lowest BCUT2D eigenvalue weighted by Gasteiger charge is -2.32. The topological polar surface area (TPSA) is 84.0 Å². The molecule has 0 saturated carbocycles. The minimum Gasteiger partial charge on any atom is -0.451 e. The van der Waals surface area contributed by atoms with Crippen LogP contribution in [0.1, 0.15) is 52.0 Å². The number of rotatable bonds is 6. The molecule has 33 heavy (non-hydrogen) atoms. The van der Waals surface area contributed by atoms with E-state index in [0.29, 0.717) is 25.8 Å². The number of amides is 3. The van der Waals surface area contributed by atoms with Crippen molar-refractivity contribution in [2.24, 2.45) is 17.8 Å². The molecule has 7 nitrogen and oxygen atoms in total. The summed E-state index contributed by atoms with van der Waals surface area (Å²) in [4.78, 5) is 55.4. The summed E-state index contributed by atoms with van der Waals surface area (Å²) in [6.45, 7) is 5.98. The van der Waals surface area contributed by atoms with Gasteiger partial charge in [0.05, 0.1) is 11.8 Å². The van der Waals surface area contributed by atoms with Gasteiger partial charge in [-0.05, 0) is 56.6 Å². The van der Waals surface area contributed by atoms with E-state index < -0.39 is 30.0 Å². The van der Waals surface area contributed by atoms with Gasteiger partial charge < -0.3 is 9.64 Å². The number of para-hydroxylation sites is 1. The highest BCUT2D eigenvalue weighted by Crippen LogP contribution is 2.37. The number of carbonyl (C=O) groups excluding carboxylic acids is 4. The van der Waals surface area contributed by atoms with E-state index in [1.807, 2.05) is 50.3 Å². The predicted octanol–water partition coefficient (Wildman–Crippen LogP) is 3.26. The highest BCUT2D eigenvalue weighted by molar-refractivity contribution is 6.08.